The van der Waals surface area contributed by atoms with Gasteiger partial charge >= 0.3 is 5.97 Å². The maximum Gasteiger partial charge on any atom is 0.350 e. The first kappa shape index (κ1) is 23.8. The van der Waals surface area contributed by atoms with Gasteiger partial charge in [-0.15, -0.1) is 0 Å². The highest BCUT2D eigenvalue weighted by Crippen LogP contribution is 2.35. The van der Waals surface area contributed by atoms with Crippen LogP contribution in [0.15, 0.2) is 86.2 Å². The summed E-state index contributed by atoms with van der Waals surface area (Å²) in [7, 11) is 0. The molecule has 1 amide bonds. The van der Waals surface area contributed by atoms with E-state index < -0.39 is 18.3 Å². The molecule has 1 fully saturated rings. The van der Waals surface area contributed by atoms with Crippen LogP contribution in [0.2, 0.25) is 0 Å². The number of esters is 1. The second kappa shape index (κ2) is 10.3. The average Bonchev–Trinajstić information content (AvgIpc) is 3.09. The monoisotopic (exact) mass is 635 g/mol. The van der Waals surface area contributed by atoms with E-state index in [1.54, 1.807) is 24.0 Å². The van der Waals surface area contributed by atoms with Gasteiger partial charge in [-0.2, -0.15) is 0 Å². The topological polar surface area (TPSA) is 61.9 Å². The van der Waals surface area contributed by atoms with E-state index in [1.807, 2.05) is 60.7 Å². The highest BCUT2D eigenvalue weighted by molar-refractivity contribution is 9.11. The fraction of sp³-hybridized carbons (Fsp3) is 0.167. The van der Waals surface area contributed by atoms with Crippen LogP contribution in [0.3, 0.4) is 0 Å². The third-order valence-electron chi connectivity index (χ3n) is 5.13. The number of rotatable bonds is 6. The molecular formula is C24H20Br3N3O3. The van der Waals surface area contributed by atoms with Gasteiger partial charge in [0.1, 0.15) is 0 Å². The minimum Gasteiger partial charge on any atom is -0.463 e. The van der Waals surface area contributed by atoms with Crippen LogP contribution in [-0.2, 0) is 14.3 Å². The van der Waals surface area contributed by atoms with Gasteiger partial charge in [-0.25, -0.2) is 4.79 Å². The van der Waals surface area contributed by atoms with E-state index in [0.29, 0.717) is 11.4 Å². The lowest BCUT2D eigenvalue weighted by molar-refractivity contribution is -0.144. The molecule has 4 rings (SSSR count). The molecule has 3 aromatic carbocycles. The molecule has 0 saturated carbocycles. The van der Waals surface area contributed by atoms with E-state index in [9.17, 15) is 9.59 Å². The van der Waals surface area contributed by atoms with E-state index in [2.05, 4.69) is 53.1 Å². The maximum absolute atomic E-state index is 13.8. The van der Waals surface area contributed by atoms with Gasteiger partial charge in [-0.3, -0.25) is 9.69 Å². The van der Waals surface area contributed by atoms with Crippen molar-refractivity contribution in [2.24, 2.45) is 0 Å². The lowest BCUT2D eigenvalue weighted by Crippen LogP contribution is -2.49. The van der Waals surface area contributed by atoms with Gasteiger partial charge in [0.15, 0.2) is 6.17 Å². The number of nitrogens with one attached hydrogen (secondary N) is 1. The zero-order valence-corrected chi connectivity index (χ0v) is 22.3. The molecule has 9 heteroatoms. The molecule has 1 N–H and O–H groups in total. The lowest BCUT2D eigenvalue weighted by Gasteiger charge is -2.31. The number of carbonyl (C=O) groups is 2. The van der Waals surface area contributed by atoms with Crippen molar-refractivity contribution >= 4 is 76.7 Å². The van der Waals surface area contributed by atoms with Crippen molar-refractivity contribution in [1.82, 2.24) is 0 Å². The minimum atomic E-state index is -0.979. The first-order valence-electron chi connectivity index (χ1n) is 10.2. The van der Waals surface area contributed by atoms with Crippen molar-refractivity contribution in [3.63, 3.8) is 0 Å². The summed E-state index contributed by atoms with van der Waals surface area (Å²) in [5.74, 6) is -0.766. The Kier molecular flexibility index (Phi) is 7.41. The Bertz CT molecular complexity index is 1140. The number of hydrogen-bond acceptors (Lipinski definition) is 5. The van der Waals surface area contributed by atoms with Gasteiger partial charge in [0.25, 0.3) is 5.91 Å². The van der Waals surface area contributed by atoms with Crippen molar-refractivity contribution in [2.75, 3.05) is 21.7 Å². The normalized spacial score (nSPS) is 17.9. The molecule has 0 aliphatic carbocycles. The lowest BCUT2D eigenvalue weighted by atomic mass is 10.2. The molecule has 1 saturated heterocycles. The summed E-state index contributed by atoms with van der Waals surface area (Å²) in [6, 6.07) is 22.3. The van der Waals surface area contributed by atoms with Crippen LogP contribution < -0.4 is 15.1 Å². The number of amides is 1. The van der Waals surface area contributed by atoms with Crippen molar-refractivity contribution in [3.8, 4) is 0 Å². The zero-order chi connectivity index (χ0) is 23.5. The van der Waals surface area contributed by atoms with Crippen LogP contribution >= 0.6 is 47.8 Å². The predicted octanol–water partition coefficient (Wildman–Crippen LogP) is 6.15. The number of ether oxygens (including phenoxy) is 1. The zero-order valence-electron chi connectivity index (χ0n) is 17.5. The summed E-state index contributed by atoms with van der Waals surface area (Å²) in [6.07, 6.45) is -1.81. The van der Waals surface area contributed by atoms with Crippen LogP contribution in [0.4, 0.5) is 17.1 Å². The molecule has 0 spiro atoms. The second-order valence-corrected chi connectivity index (χ2v) is 9.99. The number of anilines is 3. The Hall–Kier alpha value is -2.36. The second-order valence-electron chi connectivity index (χ2n) is 7.25. The Morgan fingerprint density at radius 3 is 1.85 bits per heavy atom. The molecule has 6 nitrogen and oxygen atoms in total. The molecule has 0 aromatic heterocycles. The predicted molar refractivity (Wildman–Crippen MR) is 140 cm³/mol. The fourth-order valence-electron chi connectivity index (χ4n) is 3.68. The van der Waals surface area contributed by atoms with Crippen LogP contribution in [0.1, 0.15) is 6.92 Å². The third kappa shape index (κ3) is 5.10. The molecule has 1 aliphatic heterocycles. The number of carbonyl (C=O) groups excluding carboxylic acids is 2. The first-order chi connectivity index (χ1) is 15.9. The molecule has 1 aliphatic rings. The quantitative estimate of drug-likeness (QED) is 0.329. The van der Waals surface area contributed by atoms with Crippen LogP contribution in [0.5, 0.6) is 0 Å². The standard InChI is InChI=1S/C24H20Br3N3O3/c1-2-33-24(32)22-29(19-11-5-16(26)6-12-19)21(28-18-9-3-15(25)4-10-18)23(31)30(22)20-13-7-17(27)8-14-20/h3-14,21-22,28H,2H2,1H3/t21-,22+/m0/s1. The number of hydrogen-bond donors (Lipinski definition) is 1. The molecule has 2 atom stereocenters. The fourth-order valence-corrected chi connectivity index (χ4v) is 4.47. The molecule has 0 radical (unpaired) electrons. The van der Waals surface area contributed by atoms with E-state index in [-0.39, 0.29) is 12.5 Å². The Labute approximate surface area is 217 Å². The van der Waals surface area contributed by atoms with E-state index in [0.717, 1.165) is 19.1 Å². The van der Waals surface area contributed by atoms with Crippen molar-refractivity contribution < 1.29 is 14.3 Å². The average molecular weight is 638 g/mol. The van der Waals surface area contributed by atoms with Crippen molar-refractivity contribution in [1.29, 1.82) is 0 Å². The SMILES string of the molecule is CCOC(=O)[C@H]1N(c2ccc(Br)cc2)C(=O)[C@@H](Nc2ccc(Br)cc2)N1c1ccc(Br)cc1. The molecular weight excluding hydrogens is 618 g/mol. The van der Waals surface area contributed by atoms with Gasteiger partial charge < -0.3 is 15.0 Å². The number of nitrogens with zero attached hydrogens (tertiary/aromatic N) is 2. The smallest absolute Gasteiger partial charge is 0.350 e. The summed E-state index contributed by atoms with van der Waals surface area (Å²) in [4.78, 5) is 30.3. The summed E-state index contributed by atoms with van der Waals surface area (Å²) < 4.78 is 8.11. The number of benzene rings is 3. The molecule has 170 valence electrons. The number of halogens is 3. The molecule has 3 aromatic rings. The van der Waals surface area contributed by atoms with Crippen LogP contribution in [-0.4, -0.2) is 30.8 Å². The van der Waals surface area contributed by atoms with Crippen molar-refractivity contribution in [3.05, 3.63) is 86.2 Å². The van der Waals surface area contributed by atoms with E-state index in [4.69, 9.17) is 4.74 Å². The first-order valence-corrected chi connectivity index (χ1v) is 12.6. The van der Waals surface area contributed by atoms with Gasteiger partial charge in [-0.1, -0.05) is 47.8 Å². The van der Waals surface area contributed by atoms with Gasteiger partial charge in [0, 0.05) is 30.5 Å². The van der Waals surface area contributed by atoms with E-state index in [1.165, 1.54) is 4.90 Å². The molecule has 0 bridgehead atoms. The largest absolute Gasteiger partial charge is 0.463 e. The summed E-state index contributed by atoms with van der Waals surface area (Å²) in [6.45, 7) is 1.96. The van der Waals surface area contributed by atoms with Gasteiger partial charge in [0.2, 0.25) is 6.17 Å². The van der Waals surface area contributed by atoms with Crippen molar-refractivity contribution in [2.45, 2.75) is 19.3 Å². The molecule has 0 unspecified atom stereocenters. The molecule has 1 heterocycles. The van der Waals surface area contributed by atoms with Crippen LogP contribution in [0, 0.1) is 0 Å². The van der Waals surface area contributed by atoms with Gasteiger partial charge in [0.05, 0.1) is 6.61 Å². The Morgan fingerprint density at radius 1 is 0.848 bits per heavy atom. The Balaban J connectivity index is 1.83. The maximum atomic E-state index is 13.8. The summed E-state index contributed by atoms with van der Waals surface area (Å²) in [5, 5.41) is 3.30. The molecule has 33 heavy (non-hydrogen) atoms. The summed E-state index contributed by atoms with van der Waals surface area (Å²) >= 11 is 10.3. The summed E-state index contributed by atoms with van der Waals surface area (Å²) in [5.41, 5.74) is 2.06. The van der Waals surface area contributed by atoms with E-state index >= 15 is 0 Å². The van der Waals surface area contributed by atoms with Crippen LogP contribution in [0.25, 0.3) is 0 Å². The minimum absolute atomic E-state index is 0.205. The third-order valence-corrected chi connectivity index (χ3v) is 6.72. The Morgan fingerprint density at radius 2 is 1.33 bits per heavy atom. The highest BCUT2D eigenvalue weighted by Gasteiger charge is 2.51. The van der Waals surface area contributed by atoms with Gasteiger partial charge in [-0.05, 0) is 79.7 Å². The highest BCUT2D eigenvalue weighted by atomic mass is 79.9.